The summed E-state index contributed by atoms with van der Waals surface area (Å²) in [6.07, 6.45) is 3.80. The van der Waals surface area contributed by atoms with Crippen LogP contribution in [0.2, 0.25) is 0 Å². The molecule has 6 heteroatoms. The molecule has 2 aromatic rings. The lowest BCUT2D eigenvalue weighted by atomic mass is 10.1. The zero-order valence-electron chi connectivity index (χ0n) is 12.5. The summed E-state index contributed by atoms with van der Waals surface area (Å²) in [5.41, 5.74) is 6.43. The third kappa shape index (κ3) is 3.85. The number of nitrogens with two attached hydrogens (primary N) is 1. The van der Waals surface area contributed by atoms with Crippen LogP contribution in [0, 0.1) is 0 Å². The second kappa shape index (κ2) is 6.48. The molecule has 0 saturated heterocycles. The summed E-state index contributed by atoms with van der Waals surface area (Å²) in [5, 5.41) is 5.90. The highest BCUT2D eigenvalue weighted by molar-refractivity contribution is 5.97. The minimum Gasteiger partial charge on any atom is -0.368 e. The van der Waals surface area contributed by atoms with E-state index in [1.165, 1.54) is 6.20 Å². The number of anilines is 1. The number of pyridine rings is 1. The molecule has 0 unspecified atom stereocenters. The van der Waals surface area contributed by atoms with Crippen molar-refractivity contribution in [3.05, 3.63) is 59.8 Å². The number of hydrogen-bond acceptors (Lipinski definition) is 4. The minimum absolute atomic E-state index is 0.383. The van der Waals surface area contributed by atoms with Crippen molar-refractivity contribution in [3.8, 4) is 0 Å². The maximum absolute atomic E-state index is 12.3. The van der Waals surface area contributed by atoms with E-state index in [1.807, 2.05) is 6.07 Å². The van der Waals surface area contributed by atoms with Gasteiger partial charge in [-0.05, 0) is 30.5 Å². The third-order valence-electron chi connectivity index (χ3n) is 3.65. The molecule has 1 aromatic carbocycles. The zero-order chi connectivity index (χ0) is 16.2. The van der Waals surface area contributed by atoms with Gasteiger partial charge in [0.2, 0.25) is 5.91 Å². The highest BCUT2D eigenvalue weighted by Gasteiger charge is 2.22. The summed E-state index contributed by atoms with van der Waals surface area (Å²) >= 11 is 0. The lowest BCUT2D eigenvalue weighted by Gasteiger charge is -2.16. The number of nitrogens with zero attached hydrogens (tertiary/aromatic N) is 1. The van der Waals surface area contributed by atoms with Crippen LogP contribution in [0.5, 0.6) is 0 Å². The Labute approximate surface area is 134 Å². The maximum atomic E-state index is 12.3. The molecule has 4 N–H and O–H groups in total. The first-order chi connectivity index (χ1) is 11.1. The first kappa shape index (κ1) is 15.0. The fraction of sp³-hybridized carbons (Fsp3) is 0.235. The SMILES string of the molecule is NC(=O)[C@@H](NC(=O)c1ccc(NC2CC2)nc1)c1ccccc1. The van der Waals surface area contributed by atoms with Gasteiger partial charge in [-0.15, -0.1) is 0 Å². The number of rotatable bonds is 6. The van der Waals surface area contributed by atoms with Gasteiger partial charge in [0.1, 0.15) is 11.9 Å². The van der Waals surface area contributed by atoms with Crippen LogP contribution >= 0.6 is 0 Å². The third-order valence-corrected chi connectivity index (χ3v) is 3.65. The van der Waals surface area contributed by atoms with Crippen molar-refractivity contribution in [1.29, 1.82) is 0 Å². The molecule has 0 bridgehead atoms. The molecule has 1 aliphatic rings. The average Bonchev–Trinajstić information content (AvgIpc) is 3.37. The molecule has 0 spiro atoms. The molecular formula is C17H18N4O2. The highest BCUT2D eigenvalue weighted by Crippen LogP contribution is 2.23. The molecule has 1 aromatic heterocycles. The van der Waals surface area contributed by atoms with Gasteiger partial charge in [0, 0.05) is 12.2 Å². The molecule has 1 aliphatic carbocycles. The van der Waals surface area contributed by atoms with Crippen LogP contribution in [0.15, 0.2) is 48.7 Å². The molecule has 1 saturated carbocycles. The van der Waals surface area contributed by atoms with Gasteiger partial charge in [-0.2, -0.15) is 0 Å². The van der Waals surface area contributed by atoms with Crippen molar-refractivity contribution in [3.63, 3.8) is 0 Å². The summed E-state index contributed by atoms with van der Waals surface area (Å²) in [4.78, 5) is 28.1. The van der Waals surface area contributed by atoms with Crippen LogP contribution < -0.4 is 16.4 Å². The van der Waals surface area contributed by atoms with E-state index in [4.69, 9.17) is 5.73 Å². The fourth-order valence-electron chi connectivity index (χ4n) is 2.23. The van der Waals surface area contributed by atoms with Gasteiger partial charge in [-0.25, -0.2) is 4.98 Å². The Morgan fingerprint density at radius 2 is 1.87 bits per heavy atom. The van der Waals surface area contributed by atoms with Crippen molar-refractivity contribution in [2.24, 2.45) is 5.73 Å². The predicted octanol–water partition coefficient (Wildman–Crippen LogP) is 1.61. The van der Waals surface area contributed by atoms with Crippen LogP contribution in [0.1, 0.15) is 34.8 Å². The Hall–Kier alpha value is -2.89. The second-order valence-electron chi connectivity index (χ2n) is 5.57. The Bertz CT molecular complexity index is 696. The predicted molar refractivity (Wildman–Crippen MR) is 86.7 cm³/mol. The number of aromatic nitrogens is 1. The second-order valence-corrected chi connectivity index (χ2v) is 5.57. The first-order valence-corrected chi connectivity index (χ1v) is 7.51. The normalized spacial score (nSPS) is 14.8. The van der Waals surface area contributed by atoms with Crippen LogP contribution in [0.4, 0.5) is 5.82 Å². The zero-order valence-corrected chi connectivity index (χ0v) is 12.5. The quantitative estimate of drug-likeness (QED) is 0.755. The van der Waals surface area contributed by atoms with E-state index in [2.05, 4.69) is 15.6 Å². The Kier molecular flexibility index (Phi) is 4.23. The number of carbonyl (C=O) groups excluding carboxylic acids is 2. The molecule has 2 amide bonds. The van der Waals surface area contributed by atoms with E-state index >= 15 is 0 Å². The summed E-state index contributed by atoms with van der Waals surface area (Å²) < 4.78 is 0. The summed E-state index contributed by atoms with van der Waals surface area (Å²) in [7, 11) is 0. The number of carbonyl (C=O) groups is 2. The van der Waals surface area contributed by atoms with E-state index in [-0.39, 0.29) is 5.91 Å². The topological polar surface area (TPSA) is 97.1 Å². The number of nitrogens with one attached hydrogen (secondary N) is 2. The van der Waals surface area contributed by atoms with Gasteiger partial charge in [0.15, 0.2) is 0 Å². The van der Waals surface area contributed by atoms with Gasteiger partial charge in [0.25, 0.3) is 5.91 Å². The van der Waals surface area contributed by atoms with Gasteiger partial charge < -0.3 is 16.4 Å². The molecule has 1 heterocycles. The van der Waals surface area contributed by atoms with Gasteiger partial charge in [-0.3, -0.25) is 9.59 Å². The molecule has 3 rings (SSSR count). The largest absolute Gasteiger partial charge is 0.368 e. The average molecular weight is 310 g/mol. The van der Waals surface area contributed by atoms with Crippen molar-refractivity contribution >= 4 is 17.6 Å². The van der Waals surface area contributed by atoms with Crippen molar-refractivity contribution < 1.29 is 9.59 Å². The van der Waals surface area contributed by atoms with Crippen LogP contribution in [0.25, 0.3) is 0 Å². The molecule has 118 valence electrons. The van der Waals surface area contributed by atoms with Crippen LogP contribution in [-0.2, 0) is 4.79 Å². The number of benzene rings is 1. The Morgan fingerprint density at radius 1 is 1.13 bits per heavy atom. The molecule has 0 aliphatic heterocycles. The first-order valence-electron chi connectivity index (χ1n) is 7.51. The molecule has 0 radical (unpaired) electrons. The lowest BCUT2D eigenvalue weighted by molar-refractivity contribution is -0.120. The van der Waals surface area contributed by atoms with Gasteiger partial charge in [-0.1, -0.05) is 30.3 Å². The summed E-state index contributed by atoms with van der Waals surface area (Å²) in [6, 6.07) is 12.0. The molecule has 1 atom stereocenters. The summed E-state index contributed by atoms with van der Waals surface area (Å²) in [5.74, 6) is -0.244. The van der Waals surface area contributed by atoms with E-state index in [0.717, 1.165) is 18.7 Å². The lowest BCUT2D eigenvalue weighted by Crippen LogP contribution is -2.37. The monoisotopic (exact) mass is 310 g/mol. The van der Waals surface area contributed by atoms with E-state index in [0.29, 0.717) is 17.2 Å². The van der Waals surface area contributed by atoms with Crippen molar-refractivity contribution in [1.82, 2.24) is 10.3 Å². The highest BCUT2D eigenvalue weighted by atomic mass is 16.2. The van der Waals surface area contributed by atoms with E-state index in [9.17, 15) is 9.59 Å². The van der Waals surface area contributed by atoms with Crippen molar-refractivity contribution in [2.45, 2.75) is 24.9 Å². The number of amides is 2. The fourth-order valence-corrected chi connectivity index (χ4v) is 2.23. The molecular weight excluding hydrogens is 292 g/mol. The van der Waals surface area contributed by atoms with E-state index < -0.39 is 11.9 Å². The standard InChI is InChI=1S/C17H18N4O2/c18-16(22)15(11-4-2-1-3-5-11)21-17(23)12-6-9-14(19-10-12)20-13-7-8-13/h1-6,9-10,13,15H,7-8H2,(H2,18,22)(H,19,20)(H,21,23)/t15-/m0/s1. The van der Waals surface area contributed by atoms with Gasteiger partial charge in [0.05, 0.1) is 5.56 Å². The van der Waals surface area contributed by atoms with Crippen LogP contribution in [-0.4, -0.2) is 22.8 Å². The smallest absolute Gasteiger partial charge is 0.253 e. The molecule has 6 nitrogen and oxygen atoms in total. The molecule has 1 fully saturated rings. The minimum atomic E-state index is -0.868. The van der Waals surface area contributed by atoms with Crippen molar-refractivity contribution in [2.75, 3.05) is 5.32 Å². The molecule has 23 heavy (non-hydrogen) atoms. The Morgan fingerprint density at radius 3 is 2.43 bits per heavy atom. The summed E-state index contributed by atoms with van der Waals surface area (Å²) in [6.45, 7) is 0. The Balaban J connectivity index is 1.70. The van der Waals surface area contributed by atoms with Gasteiger partial charge >= 0.3 is 0 Å². The maximum Gasteiger partial charge on any atom is 0.253 e. The number of hydrogen-bond donors (Lipinski definition) is 3. The van der Waals surface area contributed by atoms with Crippen LogP contribution in [0.3, 0.4) is 0 Å². The number of primary amides is 1. The van der Waals surface area contributed by atoms with E-state index in [1.54, 1.807) is 36.4 Å².